The van der Waals surface area contributed by atoms with Gasteiger partial charge in [0.2, 0.25) is 0 Å². The molecule has 0 saturated heterocycles. The van der Waals surface area contributed by atoms with Crippen molar-refractivity contribution in [2.24, 2.45) is 0 Å². The Morgan fingerprint density at radius 3 is 2.65 bits per heavy atom. The fourth-order valence-corrected chi connectivity index (χ4v) is 1.64. The van der Waals surface area contributed by atoms with Gasteiger partial charge in [-0.3, -0.25) is 4.79 Å². The molecule has 0 aliphatic carbocycles. The second-order valence-electron chi connectivity index (χ2n) is 4.72. The number of ether oxygens (including phenoxy) is 2. The lowest BCUT2D eigenvalue weighted by atomic mass is 10.0. The van der Waals surface area contributed by atoms with E-state index in [1.807, 2.05) is 19.1 Å². The summed E-state index contributed by atoms with van der Waals surface area (Å²) in [5.41, 5.74) is -0.459. The first kappa shape index (κ1) is 16.0. The van der Waals surface area contributed by atoms with E-state index in [1.165, 1.54) is 14.0 Å². The highest BCUT2D eigenvalue weighted by molar-refractivity contribution is 5.87. The Bertz CT molecular complexity index is 488. The summed E-state index contributed by atoms with van der Waals surface area (Å²) in [6.07, 6.45) is 0. The van der Waals surface area contributed by atoms with Crippen molar-refractivity contribution < 1.29 is 24.2 Å². The second kappa shape index (κ2) is 6.91. The average Bonchev–Trinajstić information content (AvgIpc) is 2.36. The number of hydrogen-bond acceptors (Lipinski definition) is 4. The van der Waals surface area contributed by atoms with Crippen LogP contribution in [0.1, 0.15) is 12.5 Å². The molecule has 0 heterocycles. The molecule has 0 fully saturated rings. The highest BCUT2D eigenvalue weighted by Gasteiger charge is 2.35. The summed E-state index contributed by atoms with van der Waals surface area (Å²) in [6.45, 7) is 2.91. The normalized spacial score (nSPS) is 13.3. The van der Waals surface area contributed by atoms with Gasteiger partial charge in [0.1, 0.15) is 5.75 Å². The predicted octanol–water partition coefficient (Wildman–Crippen LogP) is 0.980. The zero-order chi connectivity index (χ0) is 15.2. The molecular weight excluding hydrogens is 262 g/mol. The number of rotatable bonds is 7. The van der Waals surface area contributed by atoms with Crippen LogP contribution in [0.3, 0.4) is 0 Å². The van der Waals surface area contributed by atoms with Gasteiger partial charge in [-0.05, 0) is 31.5 Å². The van der Waals surface area contributed by atoms with Gasteiger partial charge in [0, 0.05) is 7.11 Å². The Kier molecular flexibility index (Phi) is 5.52. The van der Waals surface area contributed by atoms with Crippen molar-refractivity contribution in [1.82, 2.24) is 5.32 Å². The van der Waals surface area contributed by atoms with Crippen LogP contribution in [0.25, 0.3) is 0 Å². The minimum atomic E-state index is -1.47. The van der Waals surface area contributed by atoms with E-state index in [1.54, 1.807) is 12.1 Å². The Labute approximate surface area is 117 Å². The number of carbonyl (C=O) groups excluding carboxylic acids is 1. The molecular formula is C14H19NO5. The molecule has 2 N–H and O–H groups in total. The van der Waals surface area contributed by atoms with E-state index >= 15 is 0 Å². The number of carboxylic acid groups (broad SMARTS) is 1. The molecule has 0 radical (unpaired) electrons. The van der Waals surface area contributed by atoms with Crippen LogP contribution in [0.5, 0.6) is 5.75 Å². The van der Waals surface area contributed by atoms with Crippen LogP contribution < -0.4 is 10.1 Å². The summed E-state index contributed by atoms with van der Waals surface area (Å²) in [6, 6.07) is 7.24. The third-order valence-corrected chi connectivity index (χ3v) is 2.68. The molecule has 0 bridgehead atoms. The largest absolute Gasteiger partial charge is 0.484 e. The van der Waals surface area contributed by atoms with Crippen LogP contribution in [0.15, 0.2) is 24.3 Å². The molecule has 1 aromatic rings. The van der Waals surface area contributed by atoms with Crippen molar-refractivity contribution in [1.29, 1.82) is 0 Å². The van der Waals surface area contributed by atoms with E-state index in [0.717, 1.165) is 5.56 Å². The van der Waals surface area contributed by atoms with E-state index in [-0.39, 0.29) is 13.2 Å². The SMILES string of the molecule is COCC(C)(NC(=O)COc1cccc(C)c1)C(=O)O. The molecule has 20 heavy (non-hydrogen) atoms. The number of aliphatic carboxylic acids is 1. The lowest BCUT2D eigenvalue weighted by molar-refractivity contribution is -0.149. The fourth-order valence-electron chi connectivity index (χ4n) is 1.64. The number of hydrogen-bond donors (Lipinski definition) is 2. The van der Waals surface area contributed by atoms with Crippen molar-refractivity contribution in [2.45, 2.75) is 19.4 Å². The fraction of sp³-hybridized carbons (Fsp3) is 0.429. The predicted molar refractivity (Wildman–Crippen MR) is 72.7 cm³/mol. The molecule has 110 valence electrons. The van der Waals surface area contributed by atoms with E-state index in [2.05, 4.69) is 5.32 Å². The molecule has 0 aromatic heterocycles. The zero-order valence-corrected chi connectivity index (χ0v) is 11.8. The van der Waals surface area contributed by atoms with Crippen LogP contribution >= 0.6 is 0 Å². The number of methoxy groups -OCH3 is 1. The summed E-state index contributed by atoms with van der Waals surface area (Å²) in [5.74, 6) is -1.12. The Morgan fingerprint density at radius 1 is 1.40 bits per heavy atom. The van der Waals surface area contributed by atoms with Crippen molar-refractivity contribution in [2.75, 3.05) is 20.3 Å². The maximum absolute atomic E-state index is 11.7. The van der Waals surface area contributed by atoms with Crippen molar-refractivity contribution >= 4 is 11.9 Å². The highest BCUT2D eigenvalue weighted by atomic mass is 16.5. The van der Waals surface area contributed by atoms with Gasteiger partial charge in [-0.1, -0.05) is 12.1 Å². The van der Waals surface area contributed by atoms with Crippen LogP contribution in [0, 0.1) is 6.92 Å². The zero-order valence-electron chi connectivity index (χ0n) is 11.8. The molecule has 6 heteroatoms. The van der Waals surface area contributed by atoms with Gasteiger partial charge in [-0.2, -0.15) is 0 Å². The number of carboxylic acids is 1. The standard InChI is InChI=1S/C14H19NO5/c1-10-5-4-6-11(7-10)20-8-12(16)15-14(2,9-19-3)13(17)18/h4-7H,8-9H2,1-3H3,(H,15,16)(H,17,18). The Morgan fingerprint density at radius 2 is 2.10 bits per heavy atom. The molecule has 0 spiro atoms. The third kappa shape index (κ3) is 4.55. The summed E-state index contributed by atoms with van der Waals surface area (Å²) < 4.78 is 10.1. The molecule has 6 nitrogen and oxygen atoms in total. The highest BCUT2D eigenvalue weighted by Crippen LogP contribution is 2.12. The smallest absolute Gasteiger partial charge is 0.331 e. The van der Waals surface area contributed by atoms with E-state index < -0.39 is 17.4 Å². The molecule has 1 amide bonds. The van der Waals surface area contributed by atoms with Gasteiger partial charge in [0.15, 0.2) is 12.1 Å². The van der Waals surface area contributed by atoms with Crippen LogP contribution in [0.4, 0.5) is 0 Å². The summed E-state index contributed by atoms with van der Waals surface area (Å²) in [5, 5.41) is 11.5. The Balaban J connectivity index is 2.56. The van der Waals surface area contributed by atoms with Crippen LogP contribution in [0.2, 0.25) is 0 Å². The van der Waals surface area contributed by atoms with Gasteiger partial charge in [0.05, 0.1) is 6.61 Å². The van der Waals surface area contributed by atoms with E-state index in [4.69, 9.17) is 14.6 Å². The lowest BCUT2D eigenvalue weighted by Gasteiger charge is -2.25. The van der Waals surface area contributed by atoms with Crippen molar-refractivity contribution in [3.8, 4) is 5.75 Å². The van der Waals surface area contributed by atoms with Crippen LogP contribution in [-0.2, 0) is 14.3 Å². The monoisotopic (exact) mass is 281 g/mol. The molecule has 0 aliphatic heterocycles. The number of carbonyl (C=O) groups is 2. The minimum Gasteiger partial charge on any atom is -0.484 e. The van der Waals surface area contributed by atoms with Crippen molar-refractivity contribution in [3.63, 3.8) is 0 Å². The maximum atomic E-state index is 11.7. The molecule has 1 unspecified atom stereocenters. The number of benzene rings is 1. The lowest BCUT2D eigenvalue weighted by Crippen LogP contribution is -2.56. The third-order valence-electron chi connectivity index (χ3n) is 2.68. The number of amides is 1. The number of nitrogens with one attached hydrogen (secondary N) is 1. The molecule has 1 rings (SSSR count). The van der Waals surface area contributed by atoms with E-state index in [9.17, 15) is 9.59 Å². The van der Waals surface area contributed by atoms with Gasteiger partial charge in [-0.15, -0.1) is 0 Å². The number of aryl methyl sites for hydroxylation is 1. The molecule has 0 aliphatic rings. The molecule has 0 saturated carbocycles. The minimum absolute atomic E-state index is 0.126. The second-order valence-corrected chi connectivity index (χ2v) is 4.72. The summed E-state index contributed by atoms with van der Waals surface area (Å²) in [4.78, 5) is 22.9. The first-order valence-electron chi connectivity index (χ1n) is 6.10. The summed E-state index contributed by atoms with van der Waals surface area (Å²) >= 11 is 0. The quantitative estimate of drug-likeness (QED) is 0.778. The Hall–Kier alpha value is -2.08. The van der Waals surface area contributed by atoms with Gasteiger partial charge < -0.3 is 19.9 Å². The van der Waals surface area contributed by atoms with Gasteiger partial charge in [0.25, 0.3) is 5.91 Å². The van der Waals surface area contributed by atoms with Gasteiger partial charge in [-0.25, -0.2) is 4.79 Å². The van der Waals surface area contributed by atoms with E-state index in [0.29, 0.717) is 5.75 Å². The van der Waals surface area contributed by atoms with Crippen molar-refractivity contribution in [3.05, 3.63) is 29.8 Å². The first-order chi connectivity index (χ1) is 9.37. The van der Waals surface area contributed by atoms with Gasteiger partial charge >= 0.3 is 5.97 Å². The molecule has 1 aromatic carbocycles. The van der Waals surface area contributed by atoms with Crippen LogP contribution in [-0.4, -0.2) is 42.8 Å². The summed E-state index contributed by atoms with van der Waals surface area (Å²) in [7, 11) is 1.37. The average molecular weight is 281 g/mol. The molecule has 1 atom stereocenters. The topological polar surface area (TPSA) is 84.9 Å². The maximum Gasteiger partial charge on any atom is 0.331 e. The first-order valence-corrected chi connectivity index (χ1v) is 6.10.